The Morgan fingerprint density at radius 1 is 0.833 bits per heavy atom. The van der Waals surface area contributed by atoms with Crippen molar-refractivity contribution in [1.29, 1.82) is 0 Å². The molecule has 1 aromatic rings. The van der Waals surface area contributed by atoms with Gasteiger partial charge in [-0.3, -0.25) is 0 Å². The van der Waals surface area contributed by atoms with Crippen LogP contribution in [0.3, 0.4) is 0 Å². The van der Waals surface area contributed by atoms with E-state index in [1.165, 1.54) is 27.4 Å². The van der Waals surface area contributed by atoms with E-state index >= 15 is 0 Å². The highest BCUT2D eigenvalue weighted by Gasteiger charge is 2.19. The quantitative estimate of drug-likeness (QED) is 0.195. The van der Waals surface area contributed by atoms with Crippen LogP contribution < -0.4 is 0 Å². The summed E-state index contributed by atoms with van der Waals surface area (Å²) in [4.78, 5) is 34.7. The van der Waals surface area contributed by atoms with Gasteiger partial charge < -0.3 is 14.2 Å². The van der Waals surface area contributed by atoms with Gasteiger partial charge in [-0.2, -0.15) is 0 Å². The maximum atomic E-state index is 11.6. The second-order valence-corrected chi connectivity index (χ2v) is 4.77. The molecule has 0 unspecified atom stereocenters. The van der Waals surface area contributed by atoms with Gasteiger partial charge in [0.1, 0.15) is 5.57 Å². The lowest BCUT2D eigenvalue weighted by molar-refractivity contribution is -0.144. The van der Waals surface area contributed by atoms with Crippen molar-refractivity contribution in [1.82, 2.24) is 0 Å². The standard InChI is InChI=1S/C17H17ClO6/c1-22-15(19)13(10-18)8-11-4-6-12(7-5-11)9-14(16(20)23-2)17(21)24-3/h4-9H,10H2,1-3H3/b13-8+. The van der Waals surface area contributed by atoms with Gasteiger partial charge in [-0.05, 0) is 23.3 Å². The van der Waals surface area contributed by atoms with Crippen molar-refractivity contribution < 1.29 is 28.6 Å². The Morgan fingerprint density at radius 2 is 1.25 bits per heavy atom. The van der Waals surface area contributed by atoms with Gasteiger partial charge in [0.05, 0.1) is 32.8 Å². The number of hydrogen-bond acceptors (Lipinski definition) is 6. The van der Waals surface area contributed by atoms with E-state index in [1.54, 1.807) is 30.3 Å². The molecule has 0 N–H and O–H groups in total. The Balaban J connectivity index is 3.11. The summed E-state index contributed by atoms with van der Waals surface area (Å²) in [5, 5.41) is 0. The second-order valence-electron chi connectivity index (χ2n) is 4.50. The van der Waals surface area contributed by atoms with Crippen LogP contribution in [-0.2, 0) is 28.6 Å². The predicted molar refractivity (Wildman–Crippen MR) is 89.2 cm³/mol. The summed E-state index contributed by atoms with van der Waals surface area (Å²) in [7, 11) is 3.62. The third-order valence-electron chi connectivity index (χ3n) is 2.99. The highest BCUT2D eigenvalue weighted by molar-refractivity contribution is 6.23. The summed E-state index contributed by atoms with van der Waals surface area (Å²) in [6.07, 6.45) is 2.95. The van der Waals surface area contributed by atoms with Crippen molar-refractivity contribution in [2.24, 2.45) is 0 Å². The largest absolute Gasteiger partial charge is 0.466 e. The van der Waals surface area contributed by atoms with Gasteiger partial charge in [0, 0.05) is 0 Å². The van der Waals surface area contributed by atoms with Gasteiger partial charge in [0.25, 0.3) is 0 Å². The van der Waals surface area contributed by atoms with E-state index < -0.39 is 17.9 Å². The molecule has 6 nitrogen and oxygen atoms in total. The number of ether oxygens (including phenoxy) is 3. The summed E-state index contributed by atoms with van der Waals surface area (Å²) >= 11 is 5.71. The molecule has 0 aliphatic heterocycles. The molecule has 0 spiro atoms. The molecule has 7 heteroatoms. The minimum absolute atomic E-state index is 0.0170. The van der Waals surface area contributed by atoms with E-state index in [2.05, 4.69) is 14.2 Å². The zero-order valence-corrected chi connectivity index (χ0v) is 14.3. The van der Waals surface area contributed by atoms with E-state index in [9.17, 15) is 14.4 Å². The maximum absolute atomic E-state index is 11.6. The van der Waals surface area contributed by atoms with Gasteiger partial charge in [0.15, 0.2) is 0 Å². The monoisotopic (exact) mass is 352 g/mol. The van der Waals surface area contributed by atoms with E-state index in [-0.39, 0.29) is 11.5 Å². The van der Waals surface area contributed by atoms with E-state index in [4.69, 9.17) is 11.6 Å². The van der Waals surface area contributed by atoms with Crippen molar-refractivity contribution in [2.75, 3.05) is 27.2 Å². The number of hydrogen-bond donors (Lipinski definition) is 0. The maximum Gasteiger partial charge on any atom is 0.345 e. The summed E-state index contributed by atoms with van der Waals surface area (Å²) in [6.45, 7) is 0. The first-order valence-corrected chi connectivity index (χ1v) is 7.33. The number of benzene rings is 1. The van der Waals surface area contributed by atoms with Crippen LogP contribution in [0.5, 0.6) is 0 Å². The Morgan fingerprint density at radius 3 is 1.62 bits per heavy atom. The average molecular weight is 353 g/mol. The predicted octanol–water partition coefficient (Wildman–Crippen LogP) is 2.21. The van der Waals surface area contributed by atoms with Crippen molar-refractivity contribution in [3.63, 3.8) is 0 Å². The molecule has 0 heterocycles. The van der Waals surface area contributed by atoms with Crippen molar-refractivity contribution in [3.8, 4) is 0 Å². The normalized spacial score (nSPS) is 10.6. The molecular formula is C17H17ClO6. The Kier molecular flexibility index (Phi) is 7.71. The van der Waals surface area contributed by atoms with Crippen LogP contribution in [-0.4, -0.2) is 45.1 Å². The minimum atomic E-state index is -0.791. The molecule has 0 atom stereocenters. The van der Waals surface area contributed by atoms with Crippen molar-refractivity contribution in [3.05, 3.63) is 46.5 Å². The smallest absolute Gasteiger partial charge is 0.345 e. The number of carbonyl (C=O) groups excluding carboxylic acids is 3. The lowest BCUT2D eigenvalue weighted by Gasteiger charge is -2.04. The molecule has 0 aliphatic carbocycles. The summed E-state index contributed by atoms with van der Waals surface area (Å²) < 4.78 is 13.7. The van der Waals surface area contributed by atoms with Crippen LogP contribution in [0.25, 0.3) is 12.2 Å². The molecule has 128 valence electrons. The topological polar surface area (TPSA) is 78.9 Å². The minimum Gasteiger partial charge on any atom is -0.466 e. The SMILES string of the molecule is COC(=O)C(=Cc1ccc(/C=C(\CCl)C(=O)OC)cc1)C(=O)OC. The van der Waals surface area contributed by atoms with E-state index in [0.717, 1.165) is 0 Å². The third kappa shape index (κ3) is 5.24. The van der Waals surface area contributed by atoms with Gasteiger partial charge in [-0.15, -0.1) is 11.6 Å². The molecule has 0 fully saturated rings. The molecule has 1 aromatic carbocycles. The van der Waals surface area contributed by atoms with Crippen LogP contribution in [0.2, 0.25) is 0 Å². The first kappa shape index (κ1) is 19.4. The molecule has 0 saturated heterocycles. The number of alkyl halides is 1. The van der Waals surface area contributed by atoms with E-state index in [1.807, 2.05) is 0 Å². The fraction of sp³-hybridized carbons (Fsp3) is 0.235. The molecule has 1 rings (SSSR count). The number of rotatable bonds is 6. The molecule has 0 amide bonds. The zero-order chi connectivity index (χ0) is 18.1. The van der Waals surface area contributed by atoms with Crippen LogP contribution in [0.1, 0.15) is 11.1 Å². The summed E-state index contributed by atoms with van der Waals surface area (Å²) in [5.41, 5.74) is 1.39. The van der Waals surface area contributed by atoms with Crippen LogP contribution in [0, 0.1) is 0 Å². The molecule has 24 heavy (non-hydrogen) atoms. The van der Waals surface area contributed by atoms with Crippen molar-refractivity contribution >= 4 is 41.7 Å². The zero-order valence-electron chi connectivity index (χ0n) is 13.5. The number of esters is 3. The lowest BCUT2D eigenvalue weighted by Crippen LogP contribution is -2.15. The van der Waals surface area contributed by atoms with Gasteiger partial charge in [-0.25, -0.2) is 14.4 Å². The summed E-state index contributed by atoms with van der Waals surface area (Å²) in [5.74, 6) is -2.07. The van der Waals surface area contributed by atoms with Crippen LogP contribution >= 0.6 is 11.6 Å². The fourth-order valence-corrected chi connectivity index (χ4v) is 1.95. The van der Waals surface area contributed by atoms with E-state index in [0.29, 0.717) is 16.7 Å². The van der Waals surface area contributed by atoms with Gasteiger partial charge in [-0.1, -0.05) is 24.3 Å². The third-order valence-corrected chi connectivity index (χ3v) is 3.28. The lowest BCUT2D eigenvalue weighted by atomic mass is 10.1. The second kappa shape index (κ2) is 9.52. The molecule has 0 bridgehead atoms. The Labute approximate surface area is 144 Å². The first-order chi connectivity index (χ1) is 11.5. The van der Waals surface area contributed by atoms with Gasteiger partial charge >= 0.3 is 17.9 Å². The molecule has 0 aliphatic rings. The average Bonchev–Trinajstić information content (AvgIpc) is 2.63. The number of halogens is 1. The molecule has 0 aromatic heterocycles. The Hall–Kier alpha value is -2.60. The Bertz CT molecular complexity index is 655. The van der Waals surface area contributed by atoms with Crippen molar-refractivity contribution in [2.45, 2.75) is 0 Å². The molecule has 0 radical (unpaired) electrons. The molecule has 0 saturated carbocycles. The van der Waals surface area contributed by atoms with Crippen LogP contribution in [0.4, 0.5) is 0 Å². The van der Waals surface area contributed by atoms with Gasteiger partial charge in [0.2, 0.25) is 0 Å². The highest BCUT2D eigenvalue weighted by atomic mass is 35.5. The summed E-state index contributed by atoms with van der Waals surface area (Å²) in [6, 6.07) is 6.74. The fourth-order valence-electron chi connectivity index (χ4n) is 1.76. The number of carbonyl (C=O) groups is 3. The highest BCUT2D eigenvalue weighted by Crippen LogP contribution is 2.14. The molecular weight excluding hydrogens is 336 g/mol. The first-order valence-electron chi connectivity index (χ1n) is 6.80. The number of methoxy groups -OCH3 is 3. The van der Waals surface area contributed by atoms with Crippen LogP contribution in [0.15, 0.2) is 35.4 Å².